The zero-order valence-electron chi connectivity index (χ0n) is 10.0. The molecule has 0 fully saturated rings. The summed E-state index contributed by atoms with van der Waals surface area (Å²) in [6.07, 6.45) is 5.30. The van der Waals surface area contributed by atoms with Gasteiger partial charge < -0.3 is 28.9 Å². The Bertz CT molecular complexity index is 540. The highest BCUT2D eigenvalue weighted by atomic mass is 127. The average Bonchev–Trinajstić information content (AvgIpc) is 2.87. The van der Waals surface area contributed by atoms with Gasteiger partial charge >= 0.3 is 6.03 Å². The number of nitrogens with zero attached hydrogens (tertiary/aromatic N) is 3. The summed E-state index contributed by atoms with van der Waals surface area (Å²) in [5.41, 5.74) is 0. The molecule has 0 N–H and O–H groups in total. The zero-order chi connectivity index (χ0) is 12.4. The lowest BCUT2D eigenvalue weighted by Gasteiger charge is -2.12. The molecular weight excluding hydrogens is 385 g/mol. The summed E-state index contributed by atoms with van der Waals surface area (Å²) in [6, 6.07) is 3.72. The molecule has 0 unspecified atom stereocenters. The minimum atomic E-state index is -0.0601. The van der Waals surface area contributed by atoms with Crippen LogP contribution >= 0.6 is 22.9 Å². The van der Waals surface area contributed by atoms with Gasteiger partial charge in [-0.3, -0.25) is 0 Å². The molecule has 2 heterocycles. The van der Waals surface area contributed by atoms with E-state index in [9.17, 15) is 4.79 Å². The first-order chi connectivity index (χ1) is 8.06. The van der Waals surface area contributed by atoms with Gasteiger partial charge in [-0.25, -0.2) is 9.36 Å². The minimum Gasteiger partial charge on any atom is -1.00 e. The molecule has 0 saturated carbocycles. The van der Waals surface area contributed by atoms with Crippen molar-refractivity contribution in [3.05, 3.63) is 40.1 Å². The predicted octanol–water partition coefficient (Wildman–Crippen LogP) is -0.868. The van der Waals surface area contributed by atoms with Gasteiger partial charge in [-0.05, 0) is 12.1 Å². The molecule has 0 spiro atoms. The van der Waals surface area contributed by atoms with Crippen molar-refractivity contribution in [3.63, 3.8) is 0 Å². The van der Waals surface area contributed by atoms with Gasteiger partial charge in [-0.2, -0.15) is 4.57 Å². The molecule has 18 heavy (non-hydrogen) atoms. The van der Waals surface area contributed by atoms with Crippen LogP contribution in [0.5, 0.6) is 0 Å². The Hall–Kier alpha value is -0.600. The molecule has 2 aromatic heterocycles. The number of hydrogen-bond donors (Lipinski definition) is 0. The maximum Gasteiger partial charge on any atom is 0.415 e. The highest BCUT2D eigenvalue weighted by molar-refractivity contribution is 7.16. The van der Waals surface area contributed by atoms with Crippen LogP contribution in [0.2, 0.25) is 4.34 Å². The van der Waals surface area contributed by atoms with Crippen molar-refractivity contribution >= 4 is 29.0 Å². The predicted molar refractivity (Wildman–Crippen MR) is 67.2 cm³/mol. The van der Waals surface area contributed by atoms with Gasteiger partial charge in [0.2, 0.25) is 0 Å². The van der Waals surface area contributed by atoms with Crippen LogP contribution in [0.4, 0.5) is 4.79 Å². The van der Waals surface area contributed by atoms with E-state index in [1.54, 1.807) is 29.0 Å². The SMILES string of the molecule is CN(Cc1ccc(Cl)s1)C(=O)n1cc[n+](C)c1.[I-]. The second-order valence-corrected chi connectivity index (χ2v) is 5.63. The van der Waals surface area contributed by atoms with Gasteiger partial charge in [0, 0.05) is 11.9 Å². The van der Waals surface area contributed by atoms with Crippen LogP contribution in [0.1, 0.15) is 4.88 Å². The summed E-state index contributed by atoms with van der Waals surface area (Å²) in [7, 11) is 3.65. The van der Waals surface area contributed by atoms with Gasteiger partial charge in [0.25, 0.3) is 6.33 Å². The molecule has 0 aliphatic carbocycles. The summed E-state index contributed by atoms with van der Waals surface area (Å²) in [4.78, 5) is 14.7. The quantitative estimate of drug-likeness (QED) is 0.479. The average molecular weight is 398 g/mol. The second-order valence-electron chi connectivity index (χ2n) is 3.83. The number of carbonyl (C=O) groups excluding carboxylic acids is 1. The molecule has 0 aliphatic heterocycles. The monoisotopic (exact) mass is 397 g/mol. The summed E-state index contributed by atoms with van der Waals surface area (Å²) < 4.78 is 4.12. The maximum absolute atomic E-state index is 12.0. The van der Waals surface area contributed by atoms with Gasteiger partial charge in [-0.1, -0.05) is 11.6 Å². The first-order valence-corrected chi connectivity index (χ1v) is 6.28. The molecule has 0 aromatic carbocycles. The first-order valence-electron chi connectivity index (χ1n) is 5.09. The standard InChI is InChI=1S/C11H13ClN3OS.HI/c1-13-5-6-15(8-13)11(16)14(2)7-9-3-4-10(12)17-9;/h3-6,8H,7H2,1-2H3;1H/q+1;/p-1. The van der Waals surface area contributed by atoms with Crippen molar-refractivity contribution in [1.82, 2.24) is 9.47 Å². The van der Waals surface area contributed by atoms with Crippen molar-refractivity contribution < 1.29 is 33.3 Å². The van der Waals surface area contributed by atoms with Gasteiger partial charge in [0.05, 0.1) is 17.9 Å². The molecule has 1 amide bonds. The molecule has 0 aliphatic rings. The maximum atomic E-state index is 12.0. The fourth-order valence-electron chi connectivity index (χ4n) is 1.50. The third-order valence-corrected chi connectivity index (χ3v) is 3.55. The largest absolute Gasteiger partial charge is 1.00 e. The first kappa shape index (κ1) is 15.5. The molecule has 0 saturated heterocycles. The van der Waals surface area contributed by atoms with Crippen molar-refractivity contribution in [2.45, 2.75) is 6.54 Å². The smallest absolute Gasteiger partial charge is 0.415 e. The van der Waals surface area contributed by atoms with E-state index in [4.69, 9.17) is 11.6 Å². The number of imidazole rings is 1. The Morgan fingerprint density at radius 2 is 2.28 bits per heavy atom. The number of rotatable bonds is 2. The Kier molecular flexibility index (Phi) is 5.61. The molecule has 98 valence electrons. The lowest BCUT2D eigenvalue weighted by Crippen LogP contribution is -3.00. The van der Waals surface area contributed by atoms with Crippen molar-refractivity contribution in [2.24, 2.45) is 7.05 Å². The Morgan fingerprint density at radius 3 is 2.78 bits per heavy atom. The van der Waals surface area contributed by atoms with E-state index < -0.39 is 0 Å². The number of thiophene rings is 1. The Morgan fingerprint density at radius 1 is 1.56 bits per heavy atom. The summed E-state index contributed by atoms with van der Waals surface area (Å²) in [6.45, 7) is 0.568. The van der Waals surface area contributed by atoms with E-state index in [1.807, 2.05) is 29.9 Å². The number of aryl methyl sites for hydroxylation is 1. The summed E-state index contributed by atoms with van der Waals surface area (Å²) in [5, 5.41) is 0. The molecule has 0 atom stereocenters. The molecule has 0 bridgehead atoms. The van der Waals surface area contributed by atoms with Gasteiger partial charge in [0.1, 0.15) is 12.4 Å². The fraction of sp³-hybridized carbons (Fsp3) is 0.273. The summed E-state index contributed by atoms with van der Waals surface area (Å²) >= 11 is 7.34. The number of hydrogen-bond acceptors (Lipinski definition) is 2. The number of aromatic nitrogens is 2. The molecule has 4 nitrogen and oxygen atoms in total. The van der Waals surface area contributed by atoms with Crippen molar-refractivity contribution in [3.8, 4) is 0 Å². The van der Waals surface area contributed by atoms with Crippen molar-refractivity contribution in [1.29, 1.82) is 0 Å². The zero-order valence-corrected chi connectivity index (χ0v) is 13.7. The lowest BCUT2D eigenvalue weighted by molar-refractivity contribution is -0.670. The van der Waals surface area contributed by atoms with Crippen LogP contribution in [-0.2, 0) is 13.6 Å². The Balaban J connectivity index is 0.00000162. The molecule has 7 heteroatoms. The Labute approximate surface area is 132 Å². The third-order valence-electron chi connectivity index (χ3n) is 2.34. The normalized spacial score (nSPS) is 9.94. The second kappa shape index (κ2) is 6.53. The number of amides is 1. The number of carbonyl (C=O) groups is 1. The van der Waals surface area contributed by atoms with E-state index in [-0.39, 0.29) is 30.0 Å². The van der Waals surface area contributed by atoms with E-state index in [2.05, 4.69) is 0 Å². The third kappa shape index (κ3) is 3.69. The van der Waals surface area contributed by atoms with E-state index >= 15 is 0 Å². The van der Waals surface area contributed by atoms with E-state index in [1.165, 1.54) is 11.3 Å². The highest BCUT2D eigenvalue weighted by Gasteiger charge is 2.17. The van der Waals surface area contributed by atoms with Crippen LogP contribution in [0, 0.1) is 0 Å². The van der Waals surface area contributed by atoms with Gasteiger partial charge in [0.15, 0.2) is 0 Å². The van der Waals surface area contributed by atoms with E-state index in [0.717, 1.165) is 9.21 Å². The number of halogens is 2. The topological polar surface area (TPSA) is 29.1 Å². The van der Waals surface area contributed by atoms with Crippen LogP contribution in [0.25, 0.3) is 0 Å². The van der Waals surface area contributed by atoms with Crippen LogP contribution in [-0.4, -0.2) is 22.5 Å². The van der Waals surface area contributed by atoms with Crippen molar-refractivity contribution in [2.75, 3.05) is 7.05 Å². The molecule has 0 radical (unpaired) electrons. The fourth-order valence-corrected chi connectivity index (χ4v) is 2.64. The highest BCUT2D eigenvalue weighted by Crippen LogP contribution is 2.22. The lowest BCUT2D eigenvalue weighted by atomic mass is 10.4. The minimum absolute atomic E-state index is 0. The van der Waals surface area contributed by atoms with Crippen LogP contribution < -0.4 is 28.5 Å². The molecule has 2 aromatic rings. The van der Waals surface area contributed by atoms with Gasteiger partial charge in [-0.15, -0.1) is 11.3 Å². The van der Waals surface area contributed by atoms with Crippen LogP contribution in [0.3, 0.4) is 0 Å². The van der Waals surface area contributed by atoms with Crippen LogP contribution in [0.15, 0.2) is 30.9 Å². The summed E-state index contributed by atoms with van der Waals surface area (Å²) in [5.74, 6) is 0. The molecule has 2 rings (SSSR count). The molecular formula is C11H13ClIN3OS. The van der Waals surface area contributed by atoms with E-state index in [0.29, 0.717) is 6.54 Å².